The zero-order chi connectivity index (χ0) is 10.3. The molecule has 0 heterocycles. The molecular formula is C10H22ClNO2. The number of nitrogens with two attached hydrogens (primary N) is 1. The number of carbonyl (C=O) groups excluding carboxylic acids is 1. The molecule has 14 heavy (non-hydrogen) atoms. The van der Waals surface area contributed by atoms with E-state index in [1.807, 2.05) is 6.92 Å². The summed E-state index contributed by atoms with van der Waals surface area (Å²) in [5, 5.41) is 0. The van der Waals surface area contributed by atoms with Crippen LogP contribution in [-0.4, -0.2) is 19.1 Å². The molecule has 0 aliphatic heterocycles. The van der Waals surface area contributed by atoms with E-state index in [-0.39, 0.29) is 24.4 Å². The van der Waals surface area contributed by atoms with Crippen LogP contribution in [0.25, 0.3) is 0 Å². The molecule has 0 saturated heterocycles. The summed E-state index contributed by atoms with van der Waals surface area (Å²) in [6.45, 7) is 4.16. The minimum atomic E-state index is -0.117. The second kappa shape index (κ2) is 9.28. The number of carbonyl (C=O) groups is 1. The van der Waals surface area contributed by atoms with Crippen molar-refractivity contribution >= 4 is 18.4 Å². The van der Waals surface area contributed by atoms with Gasteiger partial charge in [-0.25, -0.2) is 0 Å². The number of rotatable bonds is 6. The van der Waals surface area contributed by atoms with E-state index in [0.29, 0.717) is 12.3 Å². The van der Waals surface area contributed by atoms with Gasteiger partial charge in [-0.15, -0.1) is 12.4 Å². The topological polar surface area (TPSA) is 52.3 Å². The van der Waals surface area contributed by atoms with E-state index in [4.69, 9.17) is 5.73 Å². The maximum atomic E-state index is 10.7. The van der Waals surface area contributed by atoms with Crippen LogP contribution in [0.1, 0.15) is 39.5 Å². The van der Waals surface area contributed by atoms with Crippen LogP contribution in [0.2, 0.25) is 0 Å². The first-order chi connectivity index (χ1) is 6.07. The van der Waals surface area contributed by atoms with Gasteiger partial charge in [0.25, 0.3) is 0 Å². The zero-order valence-electron chi connectivity index (χ0n) is 9.29. The minimum Gasteiger partial charge on any atom is -0.469 e. The normalized spacial score (nSPS) is 14.0. The molecule has 0 aromatic rings. The fourth-order valence-corrected chi connectivity index (χ4v) is 1.10. The molecule has 0 saturated carbocycles. The van der Waals surface area contributed by atoms with Gasteiger partial charge in [-0.3, -0.25) is 4.79 Å². The van der Waals surface area contributed by atoms with E-state index in [1.54, 1.807) is 0 Å². The molecule has 0 aliphatic rings. The Hall–Kier alpha value is -0.280. The van der Waals surface area contributed by atoms with Gasteiger partial charge in [0.1, 0.15) is 0 Å². The summed E-state index contributed by atoms with van der Waals surface area (Å²) in [6.07, 6.45) is 3.58. The van der Waals surface area contributed by atoms with Gasteiger partial charge in [0.05, 0.1) is 7.11 Å². The average molecular weight is 224 g/mol. The number of unbranched alkanes of at least 4 members (excludes halogenated alkanes) is 1. The summed E-state index contributed by atoms with van der Waals surface area (Å²) in [7, 11) is 1.42. The van der Waals surface area contributed by atoms with Crippen molar-refractivity contribution in [3.05, 3.63) is 0 Å². The molecule has 0 aliphatic carbocycles. The summed E-state index contributed by atoms with van der Waals surface area (Å²) in [5.41, 5.74) is 5.71. The second-order valence-corrected chi connectivity index (χ2v) is 3.66. The largest absolute Gasteiger partial charge is 0.469 e. The quantitative estimate of drug-likeness (QED) is 0.555. The number of methoxy groups -OCH3 is 1. The van der Waals surface area contributed by atoms with Crippen molar-refractivity contribution in [2.24, 2.45) is 11.7 Å². The number of halogens is 1. The highest BCUT2D eigenvalue weighted by molar-refractivity contribution is 5.85. The van der Waals surface area contributed by atoms with Gasteiger partial charge < -0.3 is 10.5 Å². The third kappa shape index (κ3) is 8.32. The molecule has 2 atom stereocenters. The molecule has 2 unspecified atom stereocenters. The molecule has 0 aromatic carbocycles. The highest BCUT2D eigenvalue weighted by atomic mass is 35.5. The molecule has 4 heteroatoms. The Labute approximate surface area is 92.8 Å². The monoisotopic (exact) mass is 223 g/mol. The molecule has 0 spiro atoms. The standard InChI is InChI=1S/C10H21NO2.ClH/c1-8(9(2)11)6-4-5-7-10(12)13-3;/h8-9H,4-7,11H2,1-3H3;1H. The Bertz CT molecular complexity index is 151. The third-order valence-electron chi connectivity index (χ3n) is 2.42. The predicted molar refractivity (Wildman–Crippen MR) is 60.5 cm³/mol. The lowest BCUT2D eigenvalue weighted by Crippen LogP contribution is -2.23. The van der Waals surface area contributed by atoms with Crippen LogP contribution < -0.4 is 5.73 Å². The maximum absolute atomic E-state index is 10.7. The SMILES string of the molecule is COC(=O)CCCCC(C)C(C)N.Cl. The van der Waals surface area contributed by atoms with Crippen LogP contribution in [0.3, 0.4) is 0 Å². The van der Waals surface area contributed by atoms with Crippen LogP contribution in [0.5, 0.6) is 0 Å². The number of ether oxygens (including phenoxy) is 1. The summed E-state index contributed by atoms with van der Waals surface area (Å²) >= 11 is 0. The molecule has 0 aromatic heterocycles. The van der Waals surface area contributed by atoms with Crippen LogP contribution in [-0.2, 0) is 9.53 Å². The zero-order valence-corrected chi connectivity index (χ0v) is 10.1. The van der Waals surface area contributed by atoms with E-state index < -0.39 is 0 Å². The van der Waals surface area contributed by atoms with Gasteiger partial charge in [0.15, 0.2) is 0 Å². The van der Waals surface area contributed by atoms with E-state index >= 15 is 0 Å². The molecule has 3 nitrogen and oxygen atoms in total. The Morgan fingerprint density at radius 3 is 2.36 bits per heavy atom. The Kier molecular flexibility index (Phi) is 10.7. The summed E-state index contributed by atoms with van der Waals surface area (Å²) in [5.74, 6) is 0.422. The van der Waals surface area contributed by atoms with Crippen LogP contribution >= 0.6 is 12.4 Å². The highest BCUT2D eigenvalue weighted by Crippen LogP contribution is 2.11. The van der Waals surface area contributed by atoms with E-state index in [0.717, 1.165) is 19.3 Å². The van der Waals surface area contributed by atoms with E-state index in [2.05, 4.69) is 11.7 Å². The van der Waals surface area contributed by atoms with Gasteiger partial charge >= 0.3 is 5.97 Å². The molecule has 0 radical (unpaired) electrons. The molecule has 0 amide bonds. The van der Waals surface area contributed by atoms with Crippen LogP contribution in [0.4, 0.5) is 0 Å². The summed E-state index contributed by atoms with van der Waals surface area (Å²) in [4.78, 5) is 10.7. The Balaban J connectivity index is 0. The van der Waals surface area contributed by atoms with Crippen molar-refractivity contribution in [3.63, 3.8) is 0 Å². The van der Waals surface area contributed by atoms with E-state index in [9.17, 15) is 4.79 Å². The van der Waals surface area contributed by atoms with Gasteiger partial charge in [-0.05, 0) is 25.7 Å². The van der Waals surface area contributed by atoms with Gasteiger partial charge in [0, 0.05) is 12.5 Å². The number of esters is 1. The summed E-state index contributed by atoms with van der Waals surface area (Å²) in [6, 6.07) is 0.248. The smallest absolute Gasteiger partial charge is 0.305 e. The molecule has 86 valence electrons. The lowest BCUT2D eigenvalue weighted by molar-refractivity contribution is -0.140. The van der Waals surface area contributed by atoms with Crippen molar-refractivity contribution in [2.45, 2.75) is 45.6 Å². The Morgan fingerprint density at radius 2 is 1.93 bits per heavy atom. The maximum Gasteiger partial charge on any atom is 0.305 e. The van der Waals surface area contributed by atoms with Gasteiger partial charge in [-0.2, -0.15) is 0 Å². The summed E-state index contributed by atoms with van der Waals surface area (Å²) < 4.78 is 4.54. The molecule has 2 N–H and O–H groups in total. The highest BCUT2D eigenvalue weighted by Gasteiger charge is 2.07. The van der Waals surface area contributed by atoms with Crippen molar-refractivity contribution in [1.29, 1.82) is 0 Å². The van der Waals surface area contributed by atoms with Crippen molar-refractivity contribution in [2.75, 3.05) is 7.11 Å². The molecule has 0 rings (SSSR count). The number of hydrogen-bond donors (Lipinski definition) is 1. The molecular weight excluding hydrogens is 202 g/mol. The minimum absolute atomic E-state index is 0. The third-order valence-corrected chi connectivity index (χ3v) is 2.42. The second-order valence-electron chi connectivity index (χ2n) is 3.66. The van der Waals surface area contributed by atoms with Crippen molar-refractivity contribution < 1.29 is 9.53 Å². The van der Waals surface area contributed by atoms with Crippen molar-refractivity contribution in [3.8, 4) is 0 Å². The molecule has 0 bridgehead atoms. The average Bonchev–Trinajstić information content (AvgIpc) is 2.11. The van der Waals surface area contributed by atoms with Gasteiger partial charge in [-0.1, -0.05) is 13.3 Å². The fourth-order valence-electron chi connectivity index (χ4n) is 1.10. The first-order valence-electron chi connectivity index (χ1n) is 4.90. The van der Waals surface area contributed by atoms with Gasteiger partial charge in [0.2, 0.25) is 0 Å². The first kappa shape index (κ1) is 16.2. The van der Waals surface area contributed by atoms with Crippen LogP contribution in [0.15, 0.2) is 0 Å². The first-order valence-corrected chi connectivity index (χ1v) is 4.90. The Morgan fingerprint density at radius 1 is 1.36 bits per heavy atom. The predicted octanol–water partition coefficient (Wildman–Crippen LogP) is 2.12. The molecule has 0 fully saturated rings. The number of hydrogen-bond acceptors (Lipinski definition) is 3. The lowest BCUT2D eigenvalue weighted by Gasteiger charge is -2.14. The van der Waals surface area contributed by atoms with Crippen molar-refractivity contribution in [1.82, 2.24) is 0 Å². The van der Waals surface area contributed by atoms with E-state index in [1.165, 1.54) is 7.11 Å². The fraction of sp³-hybridized carbons (Fsp3) is 0.900. The lowest BCUT2D eigenvalue weighted by atomic mass is 9.97. The van der Waals surface area contributed by atoms with Crippen LogP contribution in [0, 0.1) is 5.92 Å².